The number of unbranched alkanes of at least 4 members (excludes halogenated alkanes) is 2. The fourth-order valence-corrected chi connectivity index (χ4v) is 1.40. The zero-order valence-corrected chi connectivity index (χ0v) is 11.2. The van der Waals surface area contributed by atoms with Crippen molar-refractivity contribution in [1.82, 2.24) is 10.6 Å². The van der Waals surface area contributed by atoms with E-state index in [1.54, 1.807) is 0 Å². The second-order valence-corrected chi connectivity index (χ2v) is 4.26. The maximum Gasteiger partial charge on any atom is 0.219 e. The maximum atomic E-state index is 11.2. The lowest BCUT2D eigenvalue weighted by Crippen LogP contribution is -2.29. The zero-order valence-electron chi connectivity index (χ0n) is 11.2. The predicted molar refractivity (Wildman–Crippen MR) is 69.7 cm³/mol. The van der Waals surface area contributed by atoms with Gasteiger partial charge in [0.25, 0.3) is 0 Å². The second-order valence-electron chi connectivity index (χ2n) is 4.26. The molecular weight excluding hydrogens is 216 g/mol. The molecule has 0 radical (unpaired) electrons. The number of hydrogen-bond acceptors (Lipinski definition) is 2. The molecule has 0 aliphatic carbocycles. The number of nitrogens with one attached hydrogen (secondary N) is 2. The molecule has 0 aliphatic rings. The van der Waals surface area contributed by atoms with Gasteiger partial charge in [0.2, 0.25) is 11.8 Å². The van der Waals surface area contributed by atoms with Crippen molar-refractivity contribution in [3.8, 4) is 0 Å². The summed E-state index contributed by atoms with van der Waals surface area (Å²) in [7, 11) is 0. The van der Waals surface area contributed by atoms with E-state index in [0.29, 0.717) is 25.9 Å². The smallest absolute Gasteiger partial charge is 0.219 e. The first-order chi connectivity index (χ1) is 8.20. The molecule has 17 heavy (non-hydrogen) atoms. The SMILES string of the molecule is CCCCC(=O)NCCCNC(=O)CCCC. The van der Waals surface area contributed by atoms with E-state index in [-0.39, 0.29) is 11.8 Å². The van der Waals surface area contributed by atoms with Crippen molar-refractivity contribution < 1.29 is 9.59 Å². The first-order valence-corrected chi connectivity index (χ1v) is 6.74. The summed E-state index contributed by atoms with van der Waals surface area (Å²) in [6, 6.07) is 0. The Morgan fingerprint density at radius 2 is 1.18 bits per heavy atom. The molecule has 0 bridgehead atoms. The van der Waals surface area contributed by atoms with Crippen LogP contribution in [-0.2, 0) is 9.59 Å². The summed E-state index contributed by atoms with van der Waals surface area (Å²) in [5.41, 5.74) is 0. The Morgan fingerprint density at radius 1 is 0.765 bits per heavy atom. The van der Waals surface area contributed by atoms with Crippen LogP contribution in [0.4, 0.5) is 0 Å². The Bertz CT molecular complexity index is 195. The number of carbonyl (C=O) groups is 2. The van der Waals surface area contributed by atoms with Gasteiger partial charge in [-0.25, -0.2) is 0 Å². The summed E-state index contributed by atoms with van der Waals surface area (Å²) in [5.74, 6) is 0.230. The Morgan fingerprint density at radius 3 is 1.53 bits per heavy atom. The van der Waals surface area contributed by atoms with E-state index in [0.717, 1.165) is 32.1 Å². The highest BCUT2D eigenvalue weighted by atomic mass is 16.2. The second kappa shape index (κ2) is 11.4. The third-order valence-electron chi connectivity index (χ3n) is 2.51. The van der Waals surface area contributed by atoms with Gasteiger partial charge in [-0.05, 0) is 19.3 Å². The van der Waals surface area contributed by atoms with Gasteiger partial charge in [-0.2, -0.15) is 0 Å². The Balaban J connectivity index is 3.28. The molecule has 100 valence electrons. The first-order valence-electron chi connectivity index (χ1n) is 6.74. The largest absolute Gasteiger partial charge is 0.356 e. The van der Waals surface area contributed by atoms with E-state index < -0.39 is 0 Å². The summed E-state index contributed by atoms with van der Waals surface area (Å²) >= 11 is 0. The van der Waals surface area contributed by atoms with Gasteiger partial charge in [-0.1, -0.05) is 26.7 Å². The van der Waals surface area contributed by atoms with Gasteiger partial charge in [0.05, 0.1) is 0 Å². The van der Waals surface area contributed by atoms with Crippen LogP contribution in [0, 0.1) is 0 Å². The van der Waals surface area contributed by atoms with Crippen molar-refractivity contribution >= 4 is 11.8 Å². The lowest BCUT2D eigenvalue weighted by Gasteiger charge is -2.06. The number of rotatable bonds is 10. The Kier molecular flexibility index (Phi) is 10.7. The number of hydrogen-bond donors (Lipinski definition) is 2. The topological polar surface area (TPSA) is 58.2 Å². The highest BCUT2D eigenvalue weighted by molar-refractivity contribution is 5.76. The van der Waals surface area contributed by atoms with Crippen molar-refractivity contribution in [2.75, 3.05) is 13.1 Å². The fourth-order valence-electron chi connectivity index (χ4n) is 1.40. The van der Waals surface area contributed by atoms with Crippen LogP contribution < -0.4 is 10.6 Å². The minimum atomic E-state index is 0.115. The van der Waals surface area contributed by atoms with Crippen LogP contribution in [0.15, 0.2) is 0 Å². The normalized spacial score (nSPS) is 10.0. The summed E-state index contributed by atoms with van der Waals surface area (Å²) in [5, 5.41) is 5.69. The Hall–Kier alpha value is -1.06. The molecule has 0 atom stereocenters. The van der Waals surface area contributed by atoms with Gasteiger partial charge in [0.15, 0.2) is 0 Å². The minimum absolute atomic E-state index is 0.115. The molecule has 0 saturated carbocycles. The molecule has 0 fully saturated rings. The molecule has 0 aromatic carbocycles. The van der Waals surface area contributed by atoms with Crippen LogP contribution >= 0.6 is 0 Å². The van der Waals surface area contributed by atoms with Crippen LogP contribution in [0.3, 0.4) is 0 Å². The van der Waals surface area contributed by atoms with Gasteiger partial charge >= 0.3 is 0 Å². The van der Waals surface area contributed by atoms with E-state index >= 15 is 0 Å². The molecule has 0 rings (SSSR count). The third kappa shape index (κ3) is 11.2. The fraction of sp³-hybridized carbons (Fsp3) is 0.846. The molecule has 0 aromatic heterocycles. The molecule has 2 amide bonds. The lowest BCUT2D eigenvalue weighted by molar-refractivity contribution is -0.121. The lowest BCUT2D eigenvalue weighted by atomic mass is 10.2. The highest BCUT2D eigenvalue weighted by Crippen LogP contribution is 1.94. The molecule has 4 heteroatoms. The van der Waals surface area contributed by atoms with Crippen molar-refractivity contribution in [1.29, 1.82) is 0 Å². The van der Waals surface area contributed by atoms with Crippen LogP contribution in [0.2, 0.25) is 0 Å². The summed E-state index contributed by atoms with van der Waals surface area (Å²) in [4.78, 5) is 22.5. The quantitative estimate of drug-likeness (QED) is 0.576. The summed E-state index contributed by atoms with van der Waals surface area (Å²) in [6.45, 7) is 5.44. The van der Waals surface area contributed by atoms with Gasteiger partial charge in [0.1, 0.15) is 0 Å². The van der Waals surface area contributed by atoms with E-state index in [9.17, 15) is 9.59 Å². The zero-order chi connectivity index (χ0) is 12.9. The number of amides is 2. The van der Waals surface area contributed by atoms with Gasteiger partial charge in [0, 0.05) is 25.9 Å². The molecule has 0 unspecified atom stereocenters. The van der Waals surface area contributed by atoms with Crippen LogP contribution in [0.1, 0.15) is 58.8 Å². The van der Waals surface area contributed by atoms with Gasteiger partial charge < -0.3 is 10.6 Å². The highest BCUT2D eigenvalue weighted by Gasteiger charge is 2.00. The molecule has 2 N–H and O–H groups in total. The van der Waals surface area contributed by atoms with Crippen molar-refractivity contribution in [3.63, 3.8) is 0 Å². The average Bonchev–Trinajstić information content (AvgIpc) is 2.33. The van der Waals surface area contributed by atoms with Gasteiger partial charge in [-0.15, -0.1) is 0 Å². The summed E-state index contributed by atoms with van der Waals surface area (Å²) < 4.78 is 0. The van der Waals surface area contributed by atoms with Crippen LogP contribution in [-0.4, -0.2) is 24.9 Å². The monoisotopic (exact) mass is 242 g/mol. The van der Waals surface area contributed by atoms with E-state index in [4.69, 9.17) is 0 Å². The third-order valence-corrected chi connectivity index (χ3v) is 2.51. The number of carbonyl (C=O) groups excluding carboxylic acids is 2. The molecule has 0 saturated heterocycles. The van der Waals surface area contributed by atoms with Crippen molar-refractivity contribution in [2.24, 2.45) is 0 Å². The van der Waals surface area contributed by atoms with Crippen molar-refractivity contribution in [2.45, 2.75) is 58.8 Å². The van der Waals surface area contributed by atoms with E-state index in [1.807, 2.05) is 0 Å². The van der Waals surface area contributed by atoms with Crippen LogP contribution in [0.5, 0.6) is 0 Å². The molecule has 4 nitrogen and oxygen atoms in total. The van der Waals surface area contributed by atoms with E-state index in [2.05, 4.69) is 24.5 Å². The molecule has 0 aliphatic heterocycles. The summed E-state index contributed by atoms with van der Waals surface area (Å²) in [6.07, 6.45) is 6.00. The van der Waals surface area contributed by atoms with Gasteiger partial charge in [-0.3, -0.25) is 9.59 Å². The first kappa shape index (κ1) is 15.9. The minimum Gasteiger partial charge on any atom is -0.356 e. The Labute approximate surface area is 105 Å². The standard InChI is InChI=1S/C13H26N2O2/c1-3-5-8-12(16)14-10-7-11-15-13(17)9-6-4-2/h3-11H2,1-2H3,(H,14,16)(H,15,17). The van der Waals surface area contributed by atoms with Crippen molar-refractivity contribution in [3.05, 3.63) is 0 Å². The molecule has 0 heterocycles. The maximum absolute atomic E-state index is 11.2. The molecule has 0 aromatic rings. The molecular formula is C13H26N2O2. The predicted octanol–water partition coefficient (Wildman–Crippen LogP) is 1.99. The average molecular weight is 242 g/mol. The molecule has 0 spiro atoms. The van der Waals surface area contributed by atoms with Crippen LogP contribution in [0.25, 0.3) is 0 Å². The van der Waals surface area contributed by atoms with E-state index in [1.165, 1.54) is 0 Å².